The number of hydrogen-bond acceptors (Lipinski definition) is 4. The van der Waals surface area contributed by atoms with Crippen LogP contribution >= 0.6 is 0 Å². The molecule has 1 amide bonds. The molecule has 2 heterocycles. The minimum absolute atomic E-state index is 0.160. The van der Waals surface area contributed by atoms with E-state index in [1.54, 1.807) is 17.9 Å². The zero-order chi connectivity index (χ0) is 15.0. The van der Waals surface area contributed by atoms with Gasteiger partial charge in [0.1, 0.15) is 6.61 Å². The largest absolute Gasteiger partial charge is 0.489 e. The second kappa shape index (κ2) is 5.27. The van der Waals surface area contributed by atoms with Crippen LogP contribution in [0.15, 0.2) is 18.2 Å². The molecule has 2 atom stereocenters. The van der Waals surface area contributed by atoms with Gasteiger partial charge in [-0.15, -0.1) is 0 Å². The maximum absolute atomic E-state index is 12.7. The van der Waals surface area contributed by atoms with Crippen LogP contribution in [-0.2, 0) is 4.79 Å². The fraction of sp³-hybridized carbons (Fsp3) is 0.467. The second-order valence-electron chi connectivity index (χ2n) is 5.43. The number of nitrogens with zero attached hydrogens (tertiary/aromatic N) is 1. The second-order valence-corrected chi connectivity index (χ2v) is 5.43. The van der Waals surface area contributed by atoms with Crippen molar-refractivity contribution in [3.8, 4) is 5.75 Å². The van der Waals surface area contributed by atoms with Crippen LogP contribution in [0.25, 0.3) is 0 Å². The lowest BCUT2D eigenvalue weighted by Gasteiger charge is -2.26. The van der Waals surface area contributed by atoms with Gasteiger partial charge in [0.25, 0.3) is 5.91 Å². The number of carbonyl (C=O) groups is 2. The fourth-order valence-corrected chi connectivity index (χ4v) is 3.05. The minimum atomic E-state index is -0.842. The van der Waals surface area contributed by atoms with E-state index >= 15 is 0 Å². The average Bonchev–Trinajstić information content (AvgIpc) is 2.88. The Morgan fingerprint density at radius 1 is 1.43 bits per heavy atom. The number of aliphatic carboxylic acids is 1. The topological polar surface area (TPSA) is 78.9 Å². The molecule has 6 heteroatoms. The van der Waals surface area contributed by atoms with E-state index in [1.165, 1.54) is 0 Å². The molecule has 112 valence electrons. The van der Waals surface area contributed by atoms with Crippen molar-refractivity contribution in [1.82, 2.24) is 4.90 Å². The quantitative estimate of drug-likeness (QED) is 0.861. The number of amides is 1. The third-order valence-electron chi connectivity index (χ3n) is 4.24. The summed E-state index contributed by atoms with van der Waals surface area (Å²) < 4.78 is 5.62. The first kappa shape index (κ1) is 13.7. The lowest BCUT2D eigenvalue weighted by atomic mass is 10.0. The van der Waals surface area contributed by atoms with E-state index in [2.05, 4.69) is 5.32 Å². The molecule has 0 saturated carbocycles. The number of benzene rings is 1. The maximum atomic E-state index is 12.7. The van der Waals surface area contributed by atoms with Gasteiger partial charge in [-0.05, 0) is 25.5 Å². The van der Waals surface area contributed by atoms with E-state index in [1.807, 2.05) is 12.1 Å². The highest BCUT2D eigenvalue weighted by molar-refractivity contribution is 5.99. The Morgan fingerprint density at radius 3 is 2.95 bits per heavy atom. The van der Waals surface area contributed by atoms with E-state index in [9.17, 15) is 14.7 Å². The van der Waals surface area contributed by atoms with E-state index in [0.717, 1.165) is 5.69 Å². The third kappa shape index (κ3) is 2.30. The molecule has 0 aliphatic carbocycles. The summed E-state index contributed by atoms with van der Waals surface area (Å²) >= 11 is 0. The summed E-state index contributed by atoms with van der Waals surface area (Å²) in [4.78, 5) is 25.5. The Bertz CT molecular complexity index is 587. The highest BCUT2D eigenvalue weighted by Gasteiger charge is 2.39. The molecule has 1 saturated heterocycles. The first-order valence-electron chi connectivity index (χ1n) is 7.13. The molecule has 1 aromatic rings. The Hall–Kier alpha value is -2.24. The van der Waals surface area contributed by atoms with E-state index in [0.29, 0.717) is 37.4 Å². The predicted molar refractivity (Wildman–Crippen MR) is 76.7 cm³/mol. The number of ether oxygens (including phenoxy) is 1. The fourth-order valence-electron chi connectivity index (χ4n) is 3.05. The monoisotopic (exact) mass is 290 g/mol. The van der Waals surface area contributed by atoms with Gasteiger partial charge in [-0.25, -0.2) is 0 Å². The number of anilines is 1. The Kier molecular flexibility index (Phi) is 3.45. The molecule has 2 aliphatic heterocycles. The summed E-state index contributed by atoms with van der Waals surface area (Å²) in [7, 11) is 0. The summed E-state index contributed by atoms with van der Waals surface area (Å²) in [5, 5.41) is 12.4. The van der Waals surface area contributed by atoms with Crippen molar-refractivity contribution in [2.75, 3.05) is 25.0 Å². The van der Waals surface area contributed by atoms with Gasteiger partial charge >= 0.3 is 5.97 Å². The zero-order valence-electron chi connectivity index (χ0n) is 11.8. The number of carbonyl (C=O) groups excluding carboxylic acids is 1. The Labute approximate surface area is 122 Å². The number of hydrogen-bond donors (Lipinski definition) is 2. The van der Waals surface area contributed by atoms with E-state index in [-0.39, 0.29) is 11.9 Å². The number of likely N-dealkylation sites (tertiary alicyclic amines) is 1. The molecule has 6 nitrogen and oxygen atoms in total. The SMILES string of the molecule is CC1C(C(=O)O)CCN1C(=O)c1cccc2c1OCCN2. The van der Waals surface area contributed by atoms with Gasteiger partial charge in [0.2, 0.25) is 0 Å². The molecule has 21 heavy (non-hydrogen) atoms. The maximum Gasteiger partial charge on any atom is 0.308 e. The lowest BCUT2D eigenvalue weighted by molar-refractivity contribution is -0.142. The number of nitrogens with one attached hydrogen (secondary N) is 1. The first-order chi connectivity index (χ1) is 10.1. The number of carboxylic acids is 1. The molecule has 3 rings (SSSR count). The van der Waals surface area contributed by atoms with Crippen LogP contribution in [0.4, 0.5) is 5.69 Å². The highest BCUT2D eigenvalue weighted by atomic mass is 16.5. The van der Waals surface area contributed by atoms with Crippen LogP contribution in [-0.4, -0.2) is 47.6 Å². The van der Waals surface area contributed by atoms with Crippen molar-refractivity contribution in [2.45, 2.75) is 19.4 Å². The summed E-state index contributed by atoms with van der Waals surface area (Å²) in [6.45, 7) is 3.49. The molecule has 0 bridgehead atoms. The standard InChI is InChI=1S/C15H18N2O4/c1-9-10(15(19)20)5-7-17(9)14(18)11-3-2-4-12-13(11)21-8-6-16-12/h2-4,9-10,16H,5-8H2,1H3,(H,19,20). The van der Waals surface area contributed by atoms with Crippen LogP contribution in [0.2, 0.25) is 0 Å². The van der Waals surface area contributed by atoms with Crippen molar-refractivity contribution in [1.29, 1.82) is 0 Å². The van der Waals surface area contributed by atoms with Crippen molar-refractivity contribution in [3.05, 3.63) is 23.8 Å². The summed E-state index contributed by atoms with van der Waals surface area (Å²) in [5.41, 5.74) is 1.31. The van der Waals surface area contributed by atoms with Crippen LogP contribution in [0.5, 0.6) is 5.75 Å². The van der Waals surface area contributed by atoms with Crippen LogP contribution < -0.4 is 10.1 Å². The average molecular weight is 290 g/mol. The molecule has 1 fully saturated rings. The molecule has 2 N–H and O–H groups in total. The smallest absolute Gasteiger partial charge is 0.308 e. The van der Waals surface area contributed by atoms with Crippen LogP contribution in [0.1, 0.15) is 23.7 Å². The van der Waals surface area contributed by atoms with E-state index < -0.39 is 11.9 Å². The van der Waals surface area contributed by atoms with Gasteiger partial charge < -0.3 is 20.1 Å². The van der Waals surface area contributed by atoms with Crippen LogP contribution in [0.3, 0.4) is 0 Å². The van der Waals surface area contributed by atoms with Gasteiger partial charge in [-0.3, -0.25) is 9.59 Å². The minimum Gasteiger partial charge on any atom is -0.489 e. The first-order valence-corrected chi connectivity index (χ1v) is 7.13. The van der Waals surface area contributed by atoms with Gasteiger partial charge in [-0.1, -0.05) is 6.07 Å². The van der Waals surface area contributed by atoms with E-state index in [4.69, 9.17) is 4.74 Å². The van der Waals surface area contributed by atoms with Gasteiger partial charge in [-0.2, -0.15) is 0 Å². The summed E-state index contributed by atoms with van der Waals surface area (Å²) in [6, 6.07) is 5.11. The predicted octanol–water partition coefficient (Wildman–Crippen LogP) is 1.43. The number of rotatable bonds is 2. The van der Waals surface area contributed by atoms with Crippen molar-refractivity contribution in [2.24, 2.45) is 5.92 Å². The van der Waals surface area contributed by atoms with Crippen molar-refractivity contribution >= 4 is 17.6 Å². The van der Waals surface area contributed by atoms with Gasteiger partial charge in [0.15, 0.2) is 5.75 Å². The summed E-state index contributed by atoms with van der Waals surface area (Å²) in [6.07, 6.45) is 0.496. The molecule has 0 radical (unpaired) electrons. The molecule has 0 spiro atoms. The zero-order valence-corrected chi connectivity index (χ0v) is 11.8. The van der Waals surface area contributed by atoms with Crippen molar-refractivity contribution < 1.29 is 19.4 Å². The van der Waals surface area contributed by atoms with Crippen molar-refractivity contribution in [3.63, 3.8) is 0 Å². The molecular weight excluding hydrogens is 272 g/mol. The number of para-hydroxylation sites is 1. The molecular formula is C15H18N2O4. The number of fused-ring (bicyclic) bond motifs is 1. The highest BCUT2D eigenvalue weighted by Crippen LogP contribution is 2.34. The third-order valence-corrected chi connectivity index (χ3v) is 4.24. The van der Waals surface area contributed by atoms with Crippen LogP contribution in [0, 0.1) is 5.92 Å². The molecule has 2 aliphatic rings. The molecule has 0 aromatic heterocycles. The number of carboxylic acid groups (broad SMARTS) is 1. The Balaban J connectivity index is 1.88. The lowest BCUT2D eigenvalue weighted by Crippen LogP contribution is -2.38. The van der Waals surface area contributed by atoms with Gasteiger partial charge in [0.05, 0.1) is 17.2 Å². The van der Waals surface area contributed by atoms with Gasteiger partial charge in [0, 0.05) is 19.1 Å². The normalized spacial score (nSPS) is 24.0. The Morgan fingerprint density at radius 2 is 2.24 bits per heavy atom. The molecule has 2 unspecified atom stereocenters. The molecule has 1 aromatic carbocycles. The summed E-state index contributed by atoms with van der Waals surface area (Å²) in [5.74, 6) is -0.926.